The number of anilines is 1. The van der Waals surface area contributed by atoms with Crippen LogP contribution in [0.5, 0.6) is 5.75 Å². The maximum absolute atomic E-state index is 12.7. The highest BCUT2D eigenvalue weighted by Gasteiger charge is 2.31. The molecule has 0 bridgehead atoms. The molecule has 1 aromatic heterocycles. The fourth-order valence-corrected chi connectivity index (χ4v) is 4.23. The average molecular weight is 442 g/mol. The standard InChI is InChI=1S/C21H22N4O5S/c1-14-7-9-15(10-8-14)20-23-19(30-24-20)13-22-21(26)18-11-12-25(31(2,27)28)16-5-3-4-6-17(16)29-18/h3-10,18H,11-13H2,1-2H3,(H,22,26). The molecular formula is C21H22N4O5S. The Morgan fingerprint density at radius 3 is 2.68 bits per heavy atom. The summed E-state index contributed by atoms with van der Waals surface area (Å²) >= 11 is 0. The topological polar surface area (TPSA) is 115 Å². The lowest BCUT2D eigenvalue weighted by Gasteiger charge is -2.20. The van der Waals surface area contributed by atoms with Gasteiger partial charge in [-0.3, -0.25) is 9.10 Å². The van der Waals surface area contributed by atoms with Gasteiger partial charge in [-0.05, 0) is 19.1 Å². The Labute approximate surface area is 180 Å². The summed E-state index contributed by atoms with van der Waals surface area (Å²) in [4.78, 5) is 17.0. The molecule has 1 atom stereocenters. The number of carbonyl (C=O) groups is 1. The monoisotopic (exact) mass is 442 g/mol. The summed E-state index contributed by atoms with van der Waals surface area (Å²) in [5.74, 6) is 0.647. The molecule has 4 rings (SSSR count). The van der Waals surface area contributed by atoms with Crippen LogP contribution in [0.15, 0.2) is 53.1 Å². The fourth-order valence-electron chi connectivity index (χ4n) is 3.28. The number of para-hydroxylation sites is 2. The van der Waals surface area contributed by atoms with Gasteiger partial charge in [-0.2, -0.15) is 4.98 Å². The Hall–Kier alpha value is -3.40. The second kappa shape index (κ2) is 8.38. The summed E-state index contributed by atoms with van der Waals surface area (Å²) in [5, 5.41) is 6.67. The third kappa shape index (κ3) is 4.69. The number of hydrogen-bond donors (Lipinski definition) is 1. The van der Waals surface area contributed by atoms with Crippen molar-refractivity contribution in [1.29, 1.82) is 0 Å². The quantitative estimate of drug-likeness (QED) is 0.645. The van der Waals surface area contributed by atoms with Gasteiger partial charge in [0.2, 0.25) is 21.7 Å². The molecule has 1 aliphatic heterocycles. The first-order valence-corrected chi connectivity index (χ1v) is 11.6. The van der Waals surface area contributed by atoms with Gasteiger partial charge in [0.25, 0.3) is 5.91 Å². The van der Waals surface area contributed by atoms with E-state index < -0.39 is 16.1 Å². The normalized spacial score (nSPS) is 16.2. The third-order valence-electron chi connectivity index (χ3n) is 4.88. The minimum Gasteiger partial charge on any atom is -0.478 e. The molecule has 0 spiro atoms. The molecule has 1 aliphatic rings. The van der Waals surface area contributed by atoms with Crippen molar-refractivity contribution in [2.75, 3.05) is 17.1 Å². The number of benzene rings is 2. The predicted octanol–water partition coefficient (Wildman–Crippen LogP) is 2.28. The Morgan fingerprint density at radius 2 is 1.94 bits per heavy atom. The van der Waals surface area contributed by atoms with E-state index in [0.29, 0.717) is 17.3 Å². The Balaban J connectivity index is 1.43. The molecule has 2 aromatic carbocycles. The second-order valence-electron chi connectivity index (χ2n) is 7.29. The molecule has 0 saturated carbocycles. The van der Waals surface area contributed by atoms with Gasteiger partial charge in [0.05, 0.1) is 18.5 Å². The molecule has 0 saturated heterocycles. The smallest absolute Gasteiger partial charge is 0.261 e. The minimum atomic E-state index is -3.51. The highest BCUT2D eigenvalue weighted by atomic mass is 32.2. The van der Waals surface area contributed by atoms with Crippen LogP contribution >= 0.6 is 0 Å². The summed E-state index contributed by atoms with van der Waals surface area (Å²) in [6, 6.07) is 14.4. The maximum Gasteiger partial charge on any atom is 0.261 e. The molecule has 2 heterocycles. The van der Waals surface area contributed by atoms with Crippen molar-refractivity contribution in [2.24, 2.45) is 0 Å². The first-order chi connectivity index (χ1) is 14.8. The molecule has 31 heavy (non-hydrogen) atoms. The molecule has 1 unspecified atom stereocenters. The molecule has 162 valence electrons. The van der Waals surface area contributed by atoms with Crippen LogP contribution < -0.4 is 14.4 Å². The molecule has 1 N–H and O–H groups in total. The van der Waals surface area contributed by atoms with E-state index in [9.17, 15) is 13.2 Å². The van der Waals surface area contributed by atoms with Gasteiger partial charge in [0.1, 0.15) is 5.75 Å². The summed E-state index contributed by atoms with van der Waals surface area (Å²) in [7, 11) is -3.51. The molecule has 3 aromatic rings. The van der Waals surface area contributed by atoms with Gasteiger partial charge in [0.15, 0.2) is 6.10 Å². The van der Waals surface area contributed by atoms with E-state index in [1.807, 2.05) is 31.2 Å². The van der Waals surface area contributed by atoms with E-state index in [-0.39, 0.29) is 31.3 Å². The molecule has 10 heteroatoms. The van der Waals surface area contributed by atoms with Crippen molar-refractivity contribution in [3.8, 4) is 17.1 Å². The molecule has 1 amide bonds. The van der Waals surface area contributed by atoms with Crippen molar-refractivity contribution in [3.05, 3.63) is 60.0 Å². The third-order valence-corrected chi connectivity index (χ3v) is 6.06. The first-order valence-electron chi connectivity index (χ1n) is 9.72. The Bertz CT molecular complexity index is 1190. The van der Waals surface area contributed by atoms with Crippen molar-refractivity contribution >= 4 is 21.6 Å². The lowest BCUT2D eigenvalue weighted by molar-refractivity contribution is -0.128. The van der Waals surface area contributed by atoms with E-state index >= 15 is 0 Å². The van der Waals surface area contributed by atoms with Gasteiger partial charge < -0.3 is 14.6 Å². The Morgan fingerprint density at radius 1 is 1.19 bits per heavy atom. The van der Waals surface area contributed by atoms with Crippen LogP contribution in [-0.4, -0.2) is 43.4 Å². The van der Waals surface area contributed by atoms with E-state index in [2.05, 4.69) is 15.5 Å². The average Bonchev–Trinajstić information content (AvgIpc) is 3.11. The van der Waals surface area contributed by atoms with Crippen LogP contribution in [0.4, 0.5) is 5.69 Å². The van der Waals surface area contributed by atoms with Gasteiger partial charge >= 0.3 is 0 Å². The summed E-state index contributed by atoms with van der Waals surface area (Å²) in [5.41, 5.74) is 2.36. The number of fused-ring (bicyclic) bond motifs is 1. The number of carbonyl (C=O) groups excluding carboxylic acids is 1. The molecule has 9 nitrogen and oxygen atoms in total. The lowest BCUT2D eigenvalue weighted by atomic mass is 10.1. The van der Waals surface area contributed by atoms with E-state index in [4.69, 9.17) is 9.26 Å². The summed E-state index contributed by atoms with van der Waals surface area (Å²) in [6.45, 7) is 2.16. The number of sulfonamides is 1. The van der Waals surface area contributed by atoms with Gasteiger partial charge in [-0.15, -0.1) is 0 Å². The van der Waals surface area contributed by atoms with E-state index in [1.165, 1.54) is 4.31 Å². The number of ether oxygens (including phenoxy) is 1. The number of nitrogens with one attached hydrogen (secondary N) is 1. The SMILES string of the molecule is Cc1ccc(-c2noc(CNC(=O)C3CCN(S(C)(=O)=O)c4ccccc4O3)n2)cc1. The number of rotatable bonds is 5. The number of aromatic nitrogens is 2. The predicted molar refractivity (Wildman–Crippen MR) is 114 cm³/mol. The maximum atomic E-state index is 12.7. The molecular weight excluding hydrogens is 420 g/mol. The van der Waals surface area contributed by atoms with Gasteiger partial charge in [-0.25, -0.2) is 8.42 Å². The van der Waals surface area contributed by atoms with Crippen LogP contribution in [0, 0.1) is 6.92 Å². The number of aryl methyl sites for hydroxylation is 1. The second-order valence-corrected chi connectivity index (χ2v) is 9.20. The highest BCUT2D eigenvalue weighted by Crippen LogP contribution is 2.33. The van der Waals surface area contributed by atoms with Crippen molar-refractivity contribution < 1.29 is 22.5 Å². The zero-order valence-corrected chi connectivity index (χ0v) is 17.9. The largest absolute Gasteiger partial charge is 0.478 e. The molecule has 0 radical (unpaired) electrons. The first kappa shape index (κ1) is 20.9. The molecule has 0 aliphatic carbocycles. The zero-order chi connectivity index (χ0) is 22.0. The highest BCUT2D eigenvalue weighted by molar-refractivity contribution is 7.92. The lowest BCUT2D eigenvalue weighted by Crippen LogP contribution is -2.39. The van der Waals surface area contributed by atoms with Crippen LogP contribution in [0.2, 0.25) is 0 Å². The number of nitrogens with zero attached hydrogens (tertiary/aromatic N) is 3. The van der Waals surface area contributed by atoms with Crippen LogP contribution in [0.1, 0.15) is 17.9 Å². The summed E-state index contributed by atoms with van der Waals surface area (Å²) < 4.78 is 36.6. The van der Waals surface area contributed by atoms with Crippen molar-refractivity contribution in [3.63, 3.8) is 0 Å². The Kier molecular flexibility index (Phi) is 5.64. The van der Waals surface area contributed by atoms with E-state index in [0.717, 1.165) is 17.4 Å². The van der Waals surface area contributed by atoms with Crippen LogP contribution in [-0.2, 0) is 21.4 Å². The van der Waals surface area contributed by atoms with Crippen LogP contribution in [0.25, 0.3) is 11.4 Å². The van der Waals surface area contributed by atoms with E-state index in [1.54, 1.807) is 24.3 Å². The number of amides is 1. The van der Waals surface area contributed by atoms with Gasteiger partial charge in [0, 0.05) is 18.5 Å². The zero-order valence-electron chi connectivity index (χ0n) is 17.1. The van der Waals surface area contributed by atoms with Crippen LogP contribution in [0.3, 0.4) is 0 Å². The van der Waals surface area contributed by atoms with Crippen molar-refractivity contribution in [1.82, 2.24) is 15.5 Å². The summed E-state index contributed by atoms with van der Waals surface area (Å²) in [6.07, 6.45) is 0.477. The molecule has 0 fully saturated rings. The minimum absolute atomic E-state index is 0.0367. The fraction of sp³-hybridized carbons (Fsp3) is 0.286. The van der Waals surface area contributed by atoms with Gasteiger partial charge in [-0.1, -0.05) is 47.1 Å². The number of hydrogen-bond acceptors (Lipinski definition) is 7. The van der Waals surface area contributed by atoms with Crippen molar-refractivity contribution in [2.45, 2.75) is 26.0 Å².